The highest BCUT2D eigenvalue weighted by atomic mass is 35.5. The molecule has 188 valence electrons. The Hall–Kier alpha value is -3.04. The molecule has 0 bridgehead atoms. The van der Waals surface area contributed by atoms with Crippen molar-refractivity contribution in [1.82, 2.24) is 9.88 Å². The number of thiazole rings is 1. The Morgan fingerprint density at radius 3 is 2.50 bits per heavy atom. The molecule has 0 saturated carbocycles. The average molecular weight is 528 g/mol. The maximum absolute atomic E-state index is 13.7. The molecule has 1 aliphatic rings. The summed E-state index contributed by atoms with van der Waals surface area (Å²) in [5.41, 5.74) is 1.23. The molecule has 6 nitrogen and oxygen atoms in total. The maximum atomic E-state index is 13.7. The molecule has 2 heterocycles. The van der Waals surface area contributed by atoms with Gasteiger partial charge >= 0.3 is 0 Å². The standard InChI is InChI=1S/C27H26FN3O3S.ClH/c28-21-9-12-24-25(19-21)35-27(29-24)31(14-4-13-30-15-17-33-18-16-30)26(32)20-7-10-23(11-8-20)34-22-5-2-1-3-6-22;/h1-3,5-12,19H,4,13-18H2;1H. The minimum Gasteiger partial charge on any atom is -0.457 e. The van der Waals surface area contributed by atoms with Crippen LogP contribution in [-0.2, 0) is 4.74 Å². The van der Waals surface area contributed by atoms with E-state index in [-0.39, 0.29) is 24.1 Å². The Balaban J connectivity index is 0.00000304. The fraction of sp³-hybridized carbons (Fsp3) is 0.259. The Kier molecular flexibility index (Phi) is 8.88. The van der Waals surface area contributed by atoms with Crippen LogP contribution in [0.2, 0.25) is 0 Å². The SMILES string of the molecule is Cl.O=C(c1ccc(Oc2ccccc2)cc1)N(CCCN1CCOCC1)c1nc2ccc(F)cc2s1. The van der Waals surface area contributed by atoms with Crippen LogP contribution in [0.1, 0.15) is 16.8 Å². The van der Waals surface area contributed by atoms with Crippen molar-refractivity contribution in [3.8, 4) is 11.5 Å². The first-order chi connectivity index (χ1) is 17.2. The largest absolute Gasteiger partial charge is 0.457 e. The summed E-state index contributed by atoms with van der Waals surface area (Å²) >= 11 is 1.33. The normalized spacial score (nSPS) is 13.8. The molecule has 0 spiro atoms. The Morgan fingerprint density at radius 2 is 1.75 bits per heavy atom. The molecule has 9 heteroatoms. The first-order valence-corrected chi connectivity index (χ1v) is 12.5. The molecule has 1 amide bonds. The second kappa shape index (κ2) is 12.3. The first-order valence-electron chi connectivity index (χ1n) is 11.7. The van der Waals surface area contributed by atoms with Gasteiger partial charge in [-0.15, -0.1) is 12.4 Å². The molecule has 1 aliphatic heterocycles. The van der Waals surface area contributed by atoms with Gasteiger partial charge in [-0.3, -0.25) is 14.6 Å². The van der Waals surface area contributed by atoms with Gasteiger partial charge in [-0.05, 0) is 61.0 Å². The molecule has 5 rings (SSSR count). The zero-order valence-corrected chi connectivity index (χ0v) is 21.3. The predicted molar refractivity (Wildman–Crippen MR) is 143 cm³/mol. The summed E-state index contributed by atoms with van der Waals surface area (Å²) in [4.78, 5) is 22.3. The van der Waals surface area contributed by atoms with E-state index in [1.165, 1.54) is 23.5 Å². The van der Waals surface area contributed by atoms with Crippen molar-refractivity contribution >= 4 is 45.0 Å². The Morgan fingerprint density at radius 1 is 1.03 bits per heavy atom. The number of halogens is 2. The maximum Gasteiger partial charge on any atom is 0.260 e. The molecule has 1 saturated heterocycles. The number of hydrogen-bond acceptors (Lipinski definition) is 6. The van der Waals surface area contributed by atoms with Crippen molar-refractivity contribution in [2.24, 2.45) is 0 Å². The lowest BCUT2D eigenvalue weighted by Gasteiger charge is -2.27. The average Bonchev–Trinajstić information content (AvgIpc) is 3.31. The van der Waals surface area contributed by atoms with E-state index in [4.69, 9.17) is 9.47 Å². The van der Waals surface area contributed by atoms with E-state index in [1.54, 1.807) is 35.2 Å². The number of carbonyl (C=O) groups is 1. The molecule has 0 unspecified atom stereocenters. The quantitative estimate of drug-likeness (QED) is 0.280. The molecule has 3 aromatic carbocycles. The second-order valence-corrected chi connectivity index (χ2v) is 9.32. The third-order valence-electron chi connectivity index (χ3n) is 5.86. The highest BCUT2D eigenvalue weighted by Gasteiger charge is 2.22. The summed E-state index contributed by atoms with van der Waals surface area (Å²) in [6.45, 7) is 4.67. The molecule has 36 heavy (non-hydrogen) atoms. The highest BCUT2D eigenvalue weighted by Crippen LogP contribution is 2.31. The Bertz CT molecular complexity index is 1280. The van der Waals surface area contributed by atoms with E-state index in [0.717, 1.165) is 49.7 Å². The van der Waals surface area contributed by atoms with Gasteiger partial charge in [-0.2, -0.15) is 0 Å². The number of morpholine rings is 1. The molecule has 0 N–H and O–H groups in total. The highest BCUT2D eigenvalue weighted by molar-refractivity contribution is 7.22. The number of amides is 1. The molecular formula is C27H27ClFN3O3S. The summed E-state index contributed by atoms with van der Waals surface area (Å²) in [5.74, 6) is 0.935. The summed E-state index contributed by atoms with van der Waals surface area (Å²) in [5, 5.41) is 0.571. The van der Waals surface area contributed by atoms with Gasteiger partial charge in [0.15, 0.2) is 5.13 Å². The van der Waals surface area contributed by atoms with Crippen LogP contribution in [0, 0.1) is 5.82 Å². The van der Waals surface area contributed by atoms with Gasteiger partial charge in [-0.1, -0.05) is 29.5 Å². The van der Waals surface area contributed by atoms with E-state index < -0.39 is 0 Å². The summed E-state index contributed by atoms with van der Waals surface area (Å²) in [7, 11) is 0. The smallest absolute Gasteiger partial charge is 0.260 e. The van der Waals surface area contributed by atoms with Crippen molar-refractivity contribution < 1.29 is 18.7 Å². The first kappa shape index (κ1) is 26.0. The van der Waals surface area contributed by atoms with E-state index >= 15 is 0 Å². The topological polar surface area (TPSA) is 54.9 Å². The van der Waals surface area contributed by atoms with Crippen molar-refractivity contribution in [3.05, 3.63) is 84.2 Å². The van der Waals surface area contributed by atoms with Crippen LogP contribution in [0.5, 0.6) is 11.5 Å². The number of anilines is 1. The van der Waals surface area contributed by atoms with Crippen molar-refractivity contribution in [1.29, 1.82) is 0 Å². The van der Waals surface area contributed by atoms with Crippen LogP contribution < -0.4 is 9.64 Å². The van der Waals surface area contributed by atoms with Crippen LogP contribution in [0.15, 0.2) is 72.8 Å². The fourth-order valence-corrected chi connectivity index (χ4v) is 5.02. The third kappa shape index (κ3) is 6.39. The zero-order valence-electron chi connectivity index (χ0n) is 19.6. The zero-order chi connectivity index (χ0) is 24.0. The number of carbonyl (C=O) groups excluding carboxylic acids is 1. The van der Waals surface area contributed by atoms with Crippen molar-refractivity contribution in [2.45, 2.75) is 6.42 Å². The minimum absolute atomic E-state index is 0. The number of benzene rings is 3. The summed E-state index contributed by atoms with van der Waals surface area (Å²) in [6, 6.07) is 21.1. The molecule has 0 radical (unpaired) electrons. The number of para-hydroxylation sites is 1. The van der Waals surface area contributed by atoms with Gasteiger partial charge in [-0.25, -0.2) is 9.37 Å². The minimum atomic E-state index is -0.313. The van der Waals surface area contributed by atoms with Crippen LogP contribution in [0.4, 0.5) is 9.52 Å². The van der Waals surface area contributed by atoms with Crippen LogP contribution in [0.3, 0.4) is 0 Å². The molecule has 4 aromatic rings. The van der Waals surface area contributed by atoms with Gasteiger partial charge in [0, 0.05) is 31.7 Å². The fourth-order valence-electron chi connectivity index (χ4n) is 4.01. The van der Waals surface area contributed by atoms with Crippen molar-refractivity contribution in [3.63, 3.8) is 0 Å². The van der Waals surface area contributed by atoms with Gasteiger partial charge < -0.3 is 9.47 Å². The van der Waals surface area contributed by atoms with E-state index in [1.807, 2.05) is 30.3 Å². The molecule has 1 aromatic heterocycles. The molecule has 0 aliphatic carbocycles. The predicted octanol–water partition coefficient (Wildman–Crippen LogP) is 6.02. The Labute approximate surface area is 219 Å². The van der Waals surface area contributed by atoms with Crippen LogP contribution in [0.25, 0.3) is 10.2 Å². The monoisotopic (exact) mass is 527 g/mol. The molecule has 1 fully saturated rings. The number of fused-ring (bicyclic) bond motifs is 1. The lowest BCUT2D eigenvalue weighted by Crippen LogP contribution is -2.39. The third-order valence-corrected chi connectivity index (χ3v) is 6.90. The van der Waals surface area contributed by atoms with Gasteiger partial charge in [0.05, 0.1) is 23.4 Å². The van der Waals surface area contributed by atoms with E-state index in [2.05, 4.69) is 9.88 Å². The lowest BCUT2D eigenvalue weighted by molar-refractivity contribution is 0.0376. The number of rotatable bonds is 8. The number of aromatic nitrogens is 1. The molecule has 0 atom stereocenters. The van der Waals surface area contributed by atoms with Gasteiger partial charge in [0.1, 0.15) is 17.3 Å². The van der Waals surface area contributed by atoms with Crippen LogP contribution in [-0.4, -0.2) is 55.2 Å². The van der Waals surface area contributed by atoms with Gasteiger partial charge in [0.25, 0.3) is 5.91 Å². The van der Waals surface area contributed by atoms with E-state index in [0.29, 0.717) is 28.5 Å². The summed E-state index contributed by atoms with van der Waals surface area (Å²) in [6.07, 6.45) is 0.797. The second-order valence-electron chi connectivity index (χ2n) is 8.31. The molecular weight excluding hydrogens is 501 g/mol. The number of hydrogen-bond donors (Lipinski definition) is 0. The van der Waals surface area contributed by atoms with E-state index in [9.17, 15) is 9.18 Å². The lowest BCUT2D eigenvalue weighted by atomic mass is 10.2. The number of ether oxygens (including phenoxy) is 2. The van der Waals surface area contributed by atoms with Gasteiger partial charge in [0.2, 0.25) is 0 Å². The number of nitrogens with zero attached hydrogens (tertiary/aromatic N) is 3. The summed E-state index contributed by atoms with van der Waals surface area (Å²) < 4.78 is 25.7. The van der Waals surface area contributed by atoms with Crippen molar-refractivity contribution in [2.75, 3.05) is 44.3 Å². The van der Waals surface area contributed by atoms with Crippen LogP contribution >= 0.6 is 23.7 Å².